The van der Waals surface area contributed by atoms with Crippen molar-refractivity contribution >= 4 is 11.7 Å². The molecule has 138 valence electrons. The van der Waals surface area contributed by atoms with Crippen molar-refractivity contribution in [1.29, 1.82) is 0 Å². The monoisotopic (exact) mass is 369 g/mol. The van der Waals surface area contributed by atoms with Crippen LogP contribution in [0.1, 0.15) is 21.5 Å². The Morgan fingerprint density at radius 2 is 1.37 bits per heavy atom. The molecule has 3 rings (SSSR count). The van der Waals surface area contributed by atoms with E-state index in [2.05, 4.69) is 0 Å². The Hall–Kier alpha value is -3.41. The molecule has 3 aromatic carbocycles. The molecule has 0 atom stereocenters. The topological polar surface area (TPSA) is 60.8 Å². The first-order valence-electron chi connectivity index (χ1n) is 8.24. The van der Waals surface area contributed by atoms with Gasteiger partial charge in [-0.2, -0.15) is 0 Å². The van der Waals surface area contributed by atoms with Crippen molar-refractivity contribution in [3.8, 4) is 5.75 Å². The van der Waals surface area contributed by atoms with Crippen molar-refractivity contribution < 1.29 is 23.8 Å². The van der Waals surface area contributed by atoms with Crippen LogP contribution >= 0.6 is 0 Å². The lowest BCUT2D eigenvalue weighted by Gasteiger charge is -2.26. The summed E-state index contributed by atoms with van der Waals surface area (Å²) in [6.07, 6.45) is 0. The van der Waals surface area contributed by atoms with Crippen LogP contribution in [-0.4, -0.2) is 16.2 Å². The summed E-state index contributed by atoms with van der Waals surface area (Å²) in [4.78, 5) is 13.0. The zero-order valence-corrected chi connectivity index (χ0v) is 14.3. The van der Waals surface area contributed by atoms with Gasteiger partial charge in [-0.05, 0) is 30.3 Å². The molecule has 0 aromatic heterocycles. The minimum atomic E-state index is -1.29. The fourth-order valence-electron chi connectivity index (χ4n) is 2.79. The Balaban J connectivity index is 2.02. The van der Waals surface area contributed by atoms with Crippen molar-refractivity contribution in [3.05, 3.63) is 95.1 Å². The van der Waals surface area contributed by atoms with Crippen LogP contribution in [0.2, 0.25) is 0 Å². The van der Waals surface area contributed by atoms with E-state index in [0.29, 0.717) is 16.8 Å². The largest absolute Gasteiger partial charge is 0.507 e. The summed E-state index contributed by atoms with van der Waals surface area (Å²) in [5.74, 6) is -2.48. The fraction of sp³-hybridized carbons (Fsp3) is 0.0952. The van der Waals surface area contributed by atoms with Gasteiger partial charge in [0.1, 0.15) is 22.9 Å². The minimum Gasteiger partial charge on any atom is -0.507 e. The molecule has 0 saturated carbocycles. The van der Waals surface area contributed by atoms with Crippen LogP contribution in [0, 0.1) is 11.6 Å². The number of carboxylic acids is 1. The maximum absolute atomic E-state index is 14.1. The van der Waals surface area contributed by atoms with Crippen LogP contribution in [0.3, 0.4) is 0 Å². The minimum absolute atomic E-state index is 0.102. The van der Waals surface area contributed by atoms with Crippen molar-refractivity contribution in [2.24, 2.45) is 0 Å². The Bertz CT molecular complexity index is 928. The number of hydrogen-bond acceptors (Lipinski definition) is 3. The molecule has 0 spiro atoms. The second-order valence-electron chi connectivity index (χ2n) is 6.05. The molecule has 0 aliphatic rings. The average Bonchev–Trinajstić information content (AvgIpc) is 2.65. The molecule has 2 N–H and O–H groups in total. The zero-order chi connectivity index (χ0) is 19.4. The maximum atomic E-state index is 14.1. The summed E-state index contributed by atoms with van der Waals surface area (Å²) in [5, 5.41) is 19.0. The molecule has 4 nitrogen and oxygen atoms in total. The molecule has 0 radical (unpaired) electrons. The van der Waals surface area contributed by atoms with E-state index in [-0.39, 0.29) is 24.4 Å². The van der Waals surface area contributed by atoms with E-state index >= 15 is 0 Å². The third-order valence-corrected chi connectivity index (χ3v) is 4.21. The third kappa shape index (κ3) is 4.23. The zero-order valence-electron chi connectivity index (χ0n) is 14.3. The van der Waals surface area contributed by atoms with Crippen LogP contribution < -0.4 is 4.90 Å². The molecule has 0 bridgehead atoms. The lowest BCUT2D eigenvalue weighted by atomic mass is 10.1. The number of carbonyl (C=O) groups is 1. The summed E-state index contributed by atoms with van der Waals surface area (Å²) < 4.78 is 28.2. The summed E-state index contributed by atoms with van der Waals surface area (Å²) in [6, 6.07) is 16.5. The normalized spacial score (nSPS) is 10.6. The number of benzene rings is 3. The number of halogens is 2. The number of anilines is 1. The molecule has 0 unspecified atom stereocenters. The van der Waals surface area contributed by atoms with E-state index in [1.165, 1.54) is 30.3 Å². The van der Waals surface area contributed by atoms with E-state index in [0.717, 1.165) is 0 Å². The lowest BCUT2D eigenvalue weighted by Crippen LogP contribution is -2.23. The summed E-state index contributed by atoms with van der Waals surface area (Å²) >= 11 is 0. The molecule has 3 aromatic rings. The van der Waals surface area contributed by atoms with Gasteiger partial charge in [0.25, 0.3) is 0 Å². The molecule has 0 aliphatic heterocycles. The SMILES string of the molecule is O=C(O)c1cc(N(Cc2ccccc2F)Cc2ccccc2F)ccc1O. The Morgan fingerprint density at radius 1 is 0.852 bits per heavy atom. The predicted molar refractivity (Wildman–Crippen MR) is 97.8 cm³/mol. The van der Waals surface area contributed by atoms with Crippen LogP contribution in [0.15, 0.2) is 66.7 Å². The third-order valence-electron chi connectivity index (χ3n) is 4.21. The van der Waals surface area contributed by atoms with Gasteiger partial charge in [0.05, 0.1) is 0 Å². The number of aromatic carboxylic acids is 1. The molecular weight excluding hydrogens is 352 g/mol. The van der Waals surface area contributed by atoms with Crippen LogP contribution in [0.25, 0.3) is 0 Å². The van der Waals surface area contributed by atoms with Crippen molar-refractivity contribution in [2.75, 3.05) is 4.90 Å². The number of rotatable bonds is 6. The highest BCUT2D eigenvalue weighted by Crippen LogP contribution is 2.27. The van der Waals surface area contributed by atoms with Gasteiger partial charge in [0.15, 0.2) is 0 Å². The van der Waals surface area contributed by atoms with Crippen molar-refractivity contribution in [3.63, 3.8) is 0 Å². The lowest BCUT2D eigenvalue weighted by molar-refractivity contribution is 0.0693. The Kier molecular flexibility index (Phi) is 5.35. The van der Waals surface area contributed by atoms with Gasteiger partial charge in [-0.1, -0.05) is 36.4 Å². The predicted octanol–water partition coefficient (Wildman–Crippen LogP) is 4.58. The van der Waals surface area contributed by atoms with Gasteiger partial charge in [0, 0.05) is 29.9 Å². The van der Waals surface area contributed by atoms with Gasteiger partial charge >= 0.3 is 5.97 Å². The van der Waals surface area contributed by atoms with Crippen molar-refractivity contribution in [1.82, 2.24) is 0 Å². The second kappa shape index (κ2) is 7.86. The number of aromatic hydroxyl groups is 1. The van der Waals surface area contributed by atoms with E-state index in [1.54, 1.807) is 41.3 Å². The summed E-state index contributed by atoms with van der Waals surface area (Å²) in [7, 11) is 0. The Morgan fingerprint density at radius 3 is 1.85 bits per heavy atom. The van der Waals surface area contributed by atoms with Crippen LogP contribution in [0.4, 0.5) is 14.5 Å². The molecule has 6 heteroatoms. The molecule has 0 amide bonds. The second-order valence-corrected chi connectivity index (χ2v) is 6.05. The van der Waals surface area contributed by atoms with E-state index in [1.807, 2.05) is 0 Å². The van der Waals surface area contributed by atoms with Gasteiger partial charge in [-0.3, -0.25) is 0 Å². The number of hydrogen-bond donors (Lipinski definition) is 2. The fourth-order valence-corrected chi connectivity index (χ4v) is 2.79. The number of carboxylic acid groups (broad SMARTS) is 1. The molecule has 0 fully saturated rings. The summed E-state index contributed by atoms with van der Waals surface area (Å²) in [5.41, 5.74) is 0.925. The summed E-state index contributed by atoms with van der Waals surface area (Å²) in [6.45, 7) is 0.204. The van der Waals surface area contributed by atoms with Crippen molar-refractivity contribution in [2.45, 2.75) is 13.1 Å². The van der Waals surface area contributed by atoms with E-state index < -0.39 is 17.6 Å². The Labute approximate surface area is 154 Å². The average molecular weight is 369 g/mol. The highest BCUT2D eigenvalue weighted by atomic mass is 19.1. The molecule has 0 saturated heterocycles. The number of phenols is 1. The highest BCUT2D eigenvalue weighted by molar-refractivity contribution is 5.92. The first-order chi connectivity index (χ1) is 13.0. The van der Waals surface area contributed by atoms with E-state index in [9.17, 15) is 23.8 Å². The van der Waals surface area contributed by atoms with Crippen LogP contribution in [0.5, 0.6) is 5.75 Å². The molecule has 0 aliphatic carbocycles. The van der Waals surface area contributed by atoms with Gasteiger partial charge in [0.2, 0.25) is 0 Å². The van der Waals surface area contributed by atoms with Gasteiger partial charge in [-0.25, -0.2) is 13.6 Å². The van der Waals surface area contributed by atoms with Crippen LogP contribution in [-0.2, 0) is 13.1 Å². The molecular formula is C21H17F2NO3. The number of nitrogens with zero attached hydrogens (tertiary/aromatic N) is 1. The van der Waals surface area contributed by atoms with E-state index in [4.69, 9.17) is 0 Å². The van der Waals surface area contributed by atoms with Gasteiger partial charge in [-0.15, -0.1) is 0 Å². The highest BCUT2D eigenvalue weighted by Gasteiger charge is 2.17. The smallest absolute Gasteiger partial charge is 0.339 e. The maximum Gasteiger partial charge on any atom is 0.339 e. The standard InChI is InChI=1S/C21H17F2NO3/c22-18-7-3-1-5-14(18)12-24(13-15-6-2-4-8-19(15)23)16-9-10-20(25)17(11-16)21(26)27/h1-11,25H,12-13H2,(H,26,27). The molecule has 27 heavy (non-hydrogen) atoms. The quantitative estimate of drug-likeness (QED) is 0.668. The van der Waals surface area contributed by atoms with Gasteiger partial charge < -0.3 is 15.1 Å². The first kappa shape index (κ1) is 18.4. The first-order valence-corrected chi connectivity index (χ1v) is 8.24. The molecule has 0 heterocycles.